The summed E-state index contributed by atoms with van der Waals surface area (Å²) in [7, 11) is 1.72. The van der Waals surface area contributed by atoms with Crippen molar-refractivity contribution in [2.24, 2.45) is 5.92 Å². The van der Waals surface area contributed by atoms with E-state index < -0.39 is 18.1 Å². The minimum absolute atomic E-state index is 0.00346. The molecule has 0 unspecified atom stereocenters. The number of hydrogen-bond donors (Lipinski definition) is 3. The van der Waals surface area contributed by atoms with Gasteiger partial charge in [0.2, 0.25) is 24.1 Å². The number of rotatable bonds is 11. The highest BCUT2D eigenvalue weighted by molar-refractivity contribution is 5.94. The molecule has 3 N–H and O–H groups in total. The summed E-state index contributed by atoms with van der Waals surface area (Å²) in [4.78, 5) is 57.5. The molecule has 0 spiro atoms. The van der Waals surface area contributed by atoms with Crippen LogP contribution in [-0.2, 0) is 32.1 Å². The van der Waals surface area contributed by atoms with Gasteiger partial charge in [0, 0.05) is 13.1 Å². The van der Waals surface area contributed by atoms with Gasteiger partial charge in [-0.2, -0.15) is 0 Å². The largest absolute Gasteiger partial charge is 0.347 e. The zero-order valence-corrected chi connectivity index (χ0v) is 26.0. The fourth-order valence-electron chi connectivity index (χ4n) is 7.20. The van der Waals surface area contributed by atoms with Crippen molar-refractivity contribution in [3.05, 3.63) is 71.3 Å². The third-order valence-electron chi connectivity index (χ3n) is 9.87. The van der Waals surface area contributed by atoms with Gasteiger partial charge in [-0.1, -0.05) is 73.9 Å². The standard InChI is InChI=1S/C35H47N5O4/c1-24(36-2)33(42)38-32(27-15-7-4-8-16-27)35(44)40-22-28(39(23-41)21-25-12-5-3-6-13-25)20-31(40)34(43)37-30-19-11-17-26-14-9-10-18-29(26)30/h3,5-6,9-10,12-14,18,23-24,27-28,30-32,36H,4,7-8,11,15-17,19-22H2,1-2H3,(H,37,43)(H,38,42)/t24-,28-,30+,31-,32-/m0/s1. The summed E-state index contributed by atoms with van der Waals surface area (Å²) in [6, 6.07) is 15.6. The van der Waals surface area contributed by atoms with Crippen molar-refractivity contribution in [3.8, 4) is 0 Å². The Labute approximate surface area is 261 Å². The number of amides is 4. The fourth-order valence-corrected chi connectivity index (χ4v) is 7.20. The molecule has 1 heterocycles. The Morgan fingerprint density at radius 2 is 1.70 bits per heavy atom. The highest BCUT2D eigenvalue weighted by atomic mass is 16.2. The highest BCUT2D eigenvalue weighted by Gasteiger charge is 2.46. The predicted octanol–water partition coefficient (Wildman–Crippen LogP) is 3.48. The first-order valence-electron chi connectivity index (χ1n) is 16.3. The van der Waals surface area contributed by atoms with Crippen molar-refractivity contribution < 1.29 is 19.2 Å². The van der Waals surface area contributed by atoms with E-state index in [-0.39, 0.29) is 42.3 Å². The average Bonchev–Trinajstić information content (AvgIpc) is 3.52. The van der Waals surface area contributed by atoms with E-state index in [2.05, 4.69) is 28.1 Å². The van der Waals surface area contributed by atoms with Crippen LogP contribution in [-0.4, -0.2) is 71.7 Å². The van der Waals surface area contributed by atoms with E-state index in [1.165, 1.54) is 5.56 Å². The Morgan fingerprint density at radius 1 is 0.977 bits per heavy atom. The molecule has 1 saturated carbocycles. The number of hydrogen-bond acceptors (Lipinski definition) is 5. The van der Waals surface area contributed by atoms with Crippen LogP contribution in [0.5, 0.6) is 0 Å². The molecule has 5 rings (SSSR count). The van der Waals surface area contributed by atoms with Gasteiger partial charge in [0.1, 0.15) is 12.1 Å². The van der Waals surface area contributed by atoms with Gasteiger partial charge < -0.3 is 25.8 Å². The number of benzene rings is 2. The number of likely N-dealkylation sites (tertiary alicyclic amines) is 1. The van der Waals surface area contributed by atoms with Crippen LogP contribution in [0, 0.1) is 5.92 Å². The molecule has 0 bridgehead atoms. The Balaban J connectivity index is 1.42. The monoisotopic (exact) mass is 601 g/mol. The van der Waals surface area contributed by atoms with Crippen LogP contribution < -0.4 is 16.0 Å². The second kappa shape index (κ2) is 14.8. The molecule has 0 aromatic heterocycles. The molecule has 2 aromatic carbocycles. The SMILES string of the molecule is CN[C@@H](C)C(=O)N[C@H](C(=O)N1C[C@@H](N(C=O)Cc2ccccc2)C[C@H]1C(=O)N[C@@H]1CCCc2ccccc21)C1CCCCC1. The van der Waals surface area contributed by atoms with Crippen molar-refractivity contribution in [2.45, 2.75) is 101 Å². The Bertz CT molecular complexity index is 1300. The molecule has 1 saturated heterocycles. The summed E-state index contributed by atoms with van der Waals surface area (Å²) < 4.78 is 0. The maximum Gasteiger partial charge on any atom is 0.246 e. The van der Waals surface area contributed by atoms with Crippen LogP contribution in [0.15, 0.2) is 54.6 Å². The topological polar surface area (TPSA) is 111 Å². The molecule has 0 radical (unpaired) electrons. The number of carbonyl (C=O) groups excluding carboxylic acids is 4. The second-order valence-electron chi connectivity index (χ2n) is 12.7. The van der Waals surface area contributed by atoms with Crippen LogP contribution >= 0.6 is 0 Å². The van der Waals surface area contributed by atoms with Gasteiger partial charge in [0.05, 0.1) is 18.1 Å². The molecule has 9 nitrogen and oxygen atoms in total. The third-order valence-corrected chi connectivity index (χ3v) is 9.87. The maximum atomic E-state index is 14.5. The summed E-state index contributed by atoms with van der Waals surface area (Å²) in [6.45, 7) is 2.40. The molecule has 1 aliphatic heterocycles. The summed E-state index contributed by atoms with van der Waals surface area (Å²) in [5.41, 5.74) is 3.36. The lowest BCUT2D eigenvalue weighted by Gasteiger charge is -2.35. The van der Waals surface area contributed by atoms with Crippen LogP contribution in [0.4, 0.5) is 0 Å². The van der Waals surface area contributed by atoms with Crippen LogP contribution in [0.25, 0.3) is 0 Å². The lowest BCUT2D eigenvalue weighted by atomic mass is 9.83. The maximum absolute atomic E-state index is 14.5. The van der Waals surface area contributed by atoms with E-state index in [0.717, 1.165) is 68.9 Å². The van der Waals surface area contributed by atoms with Crippen LogP contribution in [0.3, 0.4) is 0 Å². The van der Waals surface area contributed by atoms with Crippen LogP contribution in [0.1, 0.15) is 81.0 Å². The molecule has 3 aliphatic rings. The lowest BCUT2D eigenvalue weighted by molar-refractivity contribution is -0.143. The quantitative estimate of drug-likeness (QED) is 0.342. The van der Waals surface area contributed by atoms with E-state index in [0.29, 0.717) is 13.0 Å². The van der Waals surface area contributed by atoms with Crippen molar-refractivity contribution in [3.63, 3.8) is 0 Å². The first kappa shape index (κ1) is 31.7. The Kier molecular flexibility index (Phi) is 10.7. The van der Waals surface area contributed by atoms with Gasteiger partial charge >= 0.3 is 0 Å². The van der Waals surface area contributed by atoms with Crippen LogP contribution in [0.2, 0.25) is 0 Å². The summed E-state index contributed by atoms with van der Waals surface area (Å²) in [5, 5.41) is 9.31. The molecule has 2 aromatic rings. The van der Waals surface area contributed by atoms with Gasteiger partial charge in [-0.05, 0) is 75.1 Å². The van der Waals surface area contributed by atoms with Crippen molar-refractivity contribution in [2.75, 3.05) is 13.6 Å². The lowest BCUT2D eigenvalue weighted by Crippen LogP contribution is -2.58. The number of nitrogens with one attached hydrogen (secondary N) is 3. The number of fused-ring (bicyclic) bond motifs is 1. The summed E-state index contributed by atoms with van der Waals surface area (Å²) in [6.07, 6.45) is 8.81. The number of nitrogens with zero attached hydrogens (tertiary/aromatic N) is 2. The third kappa shape index (κ3) is 7.32. The molecule has 4 amide bonds. The smallest absolute Gasteiger partial charge is 0.246 e. The molecule has 236 valence electrons. The van der Waals surface area contributed by atoms with Gasteiger partial charge in [-0.3, -0.25) is 19.2 Å². The number of likely N-dealkylation sites (N-methyl/N-ethyl adjacent to an activating group) is 1. The van der Waals surface area contributed by atoms with Gasteiger partial charge in [-0.25, -0.2) is 0 Å². The zero-order chi connectivity index (χ0) is 31.1. The minimum atomic E-state index is -0.746. The minimum Gasteiger partial charge on any atom is -0.347 e. The Morgan fingerprint density at radius 3 is 2.43 bits per heavy atom. The van der Waals surface area contributed by atoms with Gasteiger partial charge in [-0.15, -0.1) is 0 Å². The first-order valence-corrected chi connectivity index (χ1v) is 16.3. The van der Waals surface area contributed by atoms with Crippen molar-refractivity contribution in [1.29, 1.82) is 0 Å². The normalized spacial score (nSPS) is 23.2. The van der Waals surface area contributed by atoms with Gasteiger partial charge in [0.25, 0.3) is 0 Å². The Hall–Kier alpha value is -3.72. The average molecular weight is 602 g/mol. The van der Waals surface area contributed by atoms with E-state index in [4.69, 9.17) is 0 Å². The predicted molar refractivity (Wildman–Crippen MR) is 169 cm³/mol. The summed E-state index contributed by atoms with van der Waals surface area (Å²) >= 11 is 0. The van der Waals surface area contributed by atoms with Gasteiger partial charge in [0.15, 0.2) is 0 Å². The van der Waals surface area contributed by atoms with E-state index in [1.807, 2.05) is 42.5 Å². The first-order chi connectivity index (χ1) is 21.4. The molecular formula is C35H47N5O4. The number of carbonyl (C=O) groups is 4. The van der Waals surface area contributed by atoms with E-state index >= 15 is 0 Å². The molecule has 5 atom stereocenters. The molecule has 2 aliphatic carbocycles. The summed E-state index contributed by atoms with van der Waals surface area (Å²) in [5.74, 6) is -0.662. The second-order valence-corrected chi connectivity index (χ2v) is 12.7. The fraction of sp³-hybridized carbons (Fsp3) is 0.543. The zero-order valence-electron chi connectivity index (χ0n) is 26.0. The molecule has 44 heavy (non-hydrogen) atoms. The number of aryl methyl sites for hydroxylation is 1. The molecule has 2 fully saturated rings. The molecular weight excluding hydrogens is 554 g/mol. The van der Waals surface area contributed by atoms with E-state index in [9.17, 15) is 19.2 Å². The molecule has 9 heteroatoms. The van der Waals surface area contributed by atoms with Crippen molar-refractivity contribution >= 4 is 24.1 Å². The van der Waals surface area contributed by atoms with E-state index in [1.54, 1.807) is 23.8 Å². The highest BCUT2D eigenvalue weighted by Crippen LogP contribution is 2.33. The van der Waals surface area contributed by atoms with Crippen molar-refractivity contribution in [1.82, 2.24) is 25.8 Å².